The van der Waals surface area contributed by atoms with Crippen LogP contribution in [-0.4, -0.2) is 36.3 Å². The molecule has 0 unspecified atom stereocenters. The Morgan fingerprint density at radius 1 is 1.19 bits per heavy atom. The average Bonchev–Trinajstić information content (AvgIpc) is 3.20. The van der Waals surface area contributed by atoms with Crippen LogP contribution >= 0.6 is 12.2 Å². The van der Waals surface area contributed by atoms with E-state index in [1.807, 2.05) is 18.2 Å². The summed E-state index contributed by atoms with van der Waals surface area (Å²) < 4.78 is 9.28. The van der Waals surface area contributed by atoms with Crippen LogP contribution in [0.5, 0.6) is 0 Å². The third kappa shape index (κ3) is 5.48. The number of nitrogens with zero attached hydrogens (tertiary/aromatic N) is 1. The van der Waals surface area contributed by atoms with Crippen molar-refractivity contribution in [3.05, 3.63) is 35.9 Å². The molecule has 3 rings (SSSR count). The molecule has 2 aliphatic rings. The maximum atomic E-state index is 11.2. The molecule has 142 valence electrons. The predicted molar refractivity (Wildman–Crippen MR) is 105 cm³/mol. The molecule has 0 bridgehead atoms. The molecule has 0 radical (unpaired) electrons. The van der Waals surface area contributed by atoms with Gasteiger partial charge in [-0.3, -0.25) is 14.2 Å². The van der Waals surface area contributed by atoms with Gasteiger partial charge in [0.25, 0.3) is 5.91 Å². The van der Waals surface area contributed by atoms with Crippen LogP contribution in [0, 0.1) is 0 Å². The molecule has 7 heteroatoms. The van der Waals surface area contributed by atoms with Crippen molar-refractivity contribution in [1.82, 2.24) is 10.2 Å². The van der Waals surface area contributed by atoms with Crippen LogP contribution in [0.1, 0.15) is 44.1 Å². The van der Waals surface area contributed by atoms with Crippen molar-refractivity contribution in [1.29, 1.82) is 0 Å². The van der Waals surface area contributed by atoms with Gasteiger partial charge in [0.15, 0.2) is 0 Å². The Labute approximate surface area is 159 Å². The quantitative estimate of drug-likeness (QED) is 0.223. The Balaban J connectivity index is 1.48. The van der Waals surface area contributed by atoms with Gasteiger partial charge in [0.05, 0.1) is 18.3 Å². The summed E-state index contributed by atoms with van der Waals surface area (Å²) in [7, 11) is 0. The van der Waals surface area contributed by atoms with E-state index in [0.29, 0.717) is 12.1 Å². The van der Waals surface area contributed by atoms with Gasteiger partial charge in [0.2, 0.25) is 0 Å². The highest BCUT2D eigenvalue weighted by atomic mass is 32.2. The molecule has 0 aromatic heterocycles. The molecule has 26 heavy (non-hydrogen) atoms. The summed E-state index contributed by atoms with van der Waals surface area (Å²) in [6, 6.07) is 8.47. The maximum absolute atomic E-state index is 11.2. The number of hydroxylamine groups is 1. The SMILES string of the molecule is O=C(/C=C/c1ccccc1N1CCC(NSOC2CCCC2)CC1)NO. The number of nitrogens with one attached hydrogen (secondary N) is 2. The number of anilines is 1. The molecule has 1 aromatic rings. The van der Waals surface area contributed by atoms with Crippen molar-refractivity contribution in [3.63, 3.8) is 0 Å². The lowest BCUT2D eigenvalue weighted by Gasteiger charge is -2.34. The van der Waals surface area contributed by atoms with Crippen molar-refractivity contribution >= 4 is 29.9 Å². The number of benzene rings is 1. The first-order chi connectivity index (χ1) is 12.8. The van der Waals surface area contributed by atoms with Gasteiger partial charge in [-0.1, -0.05) is 31.0 Å². The summed E-state index contributed by atoms with van der Waals surface area (Å²) in [4.78, 5) is 13.6. The van der Waals surface area contributed by atoms with E-state index in [2.05, 4.69) is 15.7 Å². The van der Waals surface area contributed by atoms with Crippen LogP contribution in [0.2, 0.25) is 0 Å². The second kappa shape index (κ2) is 9.97. The van der Waals surface area contributed by atoms with Crippen molar-refractivity contribution in [2.45, 2.75) is 50.7 Å². The van der Waals surface area contributed by atoms with E-state index >= 15 is 0 Å². The molecule has 1 aliphatic carbocycles. The summed E-state index contributed by atoms with van der Waals surface area (Å²) in [5, 5.41) is 8.62. The smallest absolute Gasteiger partial charge is 0.267 e. The fourth-order valence-corrected chi connectivity index (χ4v) is 4.26. The first kappa shape index (κ1) is 19.2. The largest absolute Gasteiger partial charge is 0.371 e. The van der Waals surface area contributed by atoms with E-state index in [9.17, 15) is 4.79 Å². The molecule has 1 saturated heterocycles. The molecule has 2 fully saturated rings. The highest BCUT2D eigenvalue weighted by Crippen LogP contribution is 2.27. The van der Waals surface area contributed by atoms with Crippen LogP contribution in [0.25, 0.3) is 6.08 Å². The van der Waals surface area contributed by atoms with Gasteiger partial charge in [-0.25, -0.2) is 10.2 Å². The Morgan fingerprint density at radius 2 is 1.92 bits per heavy atom. The van der Waals surface area contributed by atoms with Gasteiger partial charge in [0, 0.05) is 30.9 Å². The Bertz CT molecular complexity index is 612. The van der Waals surface area contributed by atoms with Crippen LogP contribution in [-0.2, 0) is 8.98 Å². The number of amides is 1. The van der Waals surface area contributed by atoms with Gasteiger partial charge in [0.1, 0.15) is 0 Å². The summed E-state index contributed by atoms with van der Waals surface area (Å²) in [6.07, 6.45) is 10.5. The molecule has 1 aromatic carbocycles. The predicted octanol–water partition coefficient (Wildman–Crippen LogP) is 3.29. The van der Waals surface area contributed by atoms with E-state index in [4.69, 9.17) is 9.39 Å². The number of hydrogen-bond acceptors (Lipinski definition) is 6. The normalized spacial score (nSPS) is 19.3. The molecule has 1 amide bonds. The third-order valence-corrected chi connectivity index (χ3v) is 5.80. The second-order valence-electron chi connectivity index (χ2n) is 6.83. The van der Waals surface area contributed by atoms with Gasteiger partial charge in [-0.2, -0.15) is 0 Å². The first-order valence-electron chi connectivity index (χ1n) is 9.30. The number of piperidine rings is 1. The number of rotatable bonds is 7. The van der Waals surface area contributed by atoms with E-state index in [0.717, 1.165) is 37.2 Å². The first-order valence-corrected chi connectivity index (χ1v) is 10.0. The summed E-state index contributed by atoms with van der Waals surface area (Å²) in [6.45, 7) is 1.91. The molecule has 1 aliphatic heterocycles. The van der Waals surface area contributed by atoms with Gasteiger partial charge < -0.3 is 4.90 Å². The van der Waals surface area contributed by atoms with Gasteiger partial charge in [-0.15, -0.1) is 0 Å². The molecular formula is C19H27N3O3S. The summed E-state index contributed by atoms with van der Waals surface area (Å²) >= 11 is 1.42. The van der Waals surface area contributed by atoms with Crippen molar-refractivity contribution in [3.8, 4) is 0 Å². The highest BCUT2D eigenvalue weighted by Gasteiger charge is 2.22. The lowest BCUT2D eigenvalue weighted by Crippen LogP contribution is -2.40. The Morgan fingerprint density at radius 3 is 2.65 bits per heavy atom. The molecule has 1 saturated carbocycles. The standard InChI is InChI=1S/C19H27N3O3S/c23-19(20-24)10-9-15-5-1-4-8-18(15)22-13-11-16(12-14-22)21-26-25-17-6-2-3-7-17/h1,4-5,8-10,16-17,21,24H,2-3,6-7,11-14H2,(H,20,23)/b10-9+. The zero-order chi connectivity index (χ0) is 18.2. The maximum Gasteiger partial charge on any atom is 0.267 e. The molecular weight excluding hydrogens is 350 g/mol. The summed E-state index contributed by atoms with van der Waals surface area (Å²) in [5.74, 6) is -0.526. The minimum Gasteiger partial charge on any atom is -0.371 e. The van der Waals surface area contributed by atoms with Crippen LogP contribution < -0.4 is 15.1 Å². The van der Waals surface area contributed by atoms with E-state index in [1.165, 1.54) is 44.0 Å². The number of hydrogen-bond donors (Lipinski definition) is 3. The topological polar surface area (TPSA) is 73.8 Å². The van der Waals surface area contributed by atoms with Gasteiger partial charge in [-0.05, 0) is 43.4 Å². The van der Waals surface area contributed by atoms with Crippen molar-refractivity contribution in [2.75, 3.05) is 18.0 Å². The van der Waals surface area contributed by atoms with E-state index < -0.39 is 5.91 Å². The third-order valence-electron chi connectivity index (χ3n) is 5.00. The fraction of sp³-hybridized carbons (Fsp3) is 0.526. The number of carbonyl (C=O) groups is 1. The molecule has 0 spiro atoms. The number of para-hydroxylation sites is 1. The zero-order valence-corrected chi connectivity index (χ0v) is 15.7. The van der Waals surface area contributed by atoms with E-state index in [-0.39, 0.29) is 0 Å². The Hall–Kier alpha value is -1.54. The van der Waals surface area contributed by atoms with Crippen LogP contribution in [0.4, 0.5) is 5.69 Å². The van der Waals surface area contributed by atoms with E-state index in [1.54, 1.807) is 11.6 Å². The van der Waals surface area contributed by atoms with Crippen LogP contribution in [0.3, 0.4) is 0 Å². The lowest BCUT2D eigenvalue weighted by molar-refractivity contribution is -0.124. The van der Waals surface area contributed by atoms with Crippen molar-refractivity contribution < 1.29 is 14.2 Å². The molecule has 0 atom stereocenters. The Kier molecular flexibility index (Phi) is 7.37. The fourth-order valence-electron chi connectivity index (χ4n) is 3.51. The zero-order valence-electron chi connectivity index (χ0n) is 14.9. The average molecular weight is 378 g/mol. The molecule has 3 N–H and O–H groups in total. The monoisotopic (exact) mass is 377 g/mol. The van der Waals surface area contributed by atoms with Crippen molar-refractivity contribution in [2.24, 2.45) is 0 Å². The van der Waals surface area contributed by atoms with Gasteiger partial charge >= 0.3 is 0 Å². The number of carbonyl (C=O) groups excluding carboxylic acids is 1. The van der Waals surface area contributed by atoms with Crippen LogP contribution in [0.15, 0.2) is 30.3 Å². The minimum atomic E-state index is -0.526. The molecule has 6 nitrogen and oxygen atoms in total. The highest BCUT2D eigenvalue weighted by molar-refractivity contribution is 7.92. The minimum absolute atomic E-state index is 0.419. The lowest BCUT2D eigenvalue weighted by atomic mass is 10.0. The summed E-state index contributed by atoms with van der Waals surface area (Å²) in [5.41, 5.74) is 3.71. The second-order valence-corrected chi connectivity index (χ2v) is 7.43. The molecule has 1 heterocycles.